The number of rotatable bonds is 6. The number of benzene rings is 2. The van der Waals surface area contributed by atoms with Crippen LogP contribution in [0.2, 0.25) is 5.02 Å². The molecule has 0 heterocycles. The highest BCUT2D eigenvalue weighted by Crippen LogP contribution is 2.25. The molecule has 1 N–H and O–H groups in total. The average molecular weight is 351 g/mol. The highest BCUT2D eigenvalue weighted by molar-refractivity contribution is 8.00. The number of nitro groups is 1. The second-order valence-corrected chi connectivity index (χ2v) is 6.71. The summed E-state index contributed by atoms with van der Waals surface area (Å²) in [7, 11) is 0. The van der Waals surface area contributed by atoms with Crippen LogP contribution in [0, 0.1) is 10.1 Å². The summed E-state index contributed by atoms with van der Waals surface area (Å²) in [6.07, 6.45) is 0. The molecule has 5 nitrogen and oxygen atoms in total. The summed E-state index contributed by atoms with van der Waals surface area (Å²) in [5.74, 6) is -0.103. The predicted molar refractivity (Wildman–Crippen MR) is 91.7 cm³/mol. The van der Waals surface area contributed by atoms with Crippen LogP contribution in [0.3, 0.4) is 0 Å². The van der Waals surface area contributed by atoms with E-state index in [1.807, 2.05) is 12.1 Å². The molecule has 0 aromatic heterocycles. The third-order valence-electron chi connectivity index (χ3n) is 3.09. The van der Waals surface area contributed by atoms with Crippen molar-refractivity contribution in [3.8, 4) is 0 Å². The van der Waals surface area contributed by atoms with Gasteiger partial charge in [0.05, 0.1) is 10.2 Å². The van der Waals surface area contributed by atoms with Gasteiger partial charge in [-0.15, -0.1) is 11.8 Å². The molecule has 0 aliphatic heterocycles. The number of nitro benzene ring substituents is 1. The Labute approximate surface area is 143 Å². The molecule has 0 aliphatic rings. The maximum absolute atomic E-state index is 12.1. The number of nitrogens with zero attached hydrogens (tertiary/aromatic N) is 1. The van der Waals surface area contributed by atoms with Crippen molar-refractivity contribution in [2.45, 2.75) is 23.6 Å². The summed E-state index contributed by atoms with van der Waals surface area (Å²) in [6.45, 7) is 2.20. The molecule has 1 atom stereocenters. The van der Waals surface area contributed by atoms with Crippen molar-refractivity contribution >= 4 is 35.0 Å². The van der Waals surface area contributed by atoms with Gasteiger partial charge in [-0.3, -0.25) is 14.9 Å². The number of non-ortho nitro benzene ring substituents is 1. The maximum atomic E-state index is 12.1. The fraction of sp³-hybridized carbons (Fsp3) is 0.188. The molecule has 0 spiro atoms. The van der Waals surface area contributed by atoms with Gasteiger partial charge in [0.2, 0.25) is 5.91 Å². The first kappa shape index (κ1) is 17.3. The Balaban J connectivity index is 1.88. The first-order valence-electron chi connectivity index (χ1n) is 6.89. The Morgan fingerprint density at radius 1 is 1.30 bits per heavy atom. The van der Waals surface area contributed by atoms with E-state index < -0.39 is 4.92 Å². The summed E-state index contributed by atoms with van der Waals surface area (Å²) < 4.78 is 0. The Morgan fingerprint density at radius 3 is 2.61 bits per heavy atom. The van der Waals surface area contributed by atoms with E-state index in [1.54, 1.807) is 31.2 Å². The lowest BCUT2D eigenvalue weighted by Gasteiger charge is -2.12. The average Bonchev–Trinajstić information content (AvgIpc) is 2.53. The highest BCUT2D eigenvalue weighted by atomic mass is 35.5. The Kier molecular flexibility index (Phi) is 6.01. The predicted octanol–water partition coefficient (Wildman–Crippen LogP) is 4.05. The molecule has 0 saturated carbocycles. The zero-order valence-electron chi connectivity index (χ0n) is 12.4. The Bertz CT molecular complexity index is 707. The zero-order valence-corrected chi connectivity index (χ0v) is 13.9. The second kappa shape index (κ2) is 7.99. The van der Waals surface area contributed by atoms with Crippen molar-refractivity contribution in [1.29, 1.82) is 0 Å². The lowest BCUT2D eigenvalue weighted by atomic mass is 10.2. The molecule has 0 aliphatic carbocycles. The number of carbonyl (C=O) groups excluding carboxylic acids is 1. The van der Waals surface area contributed by atoms with Gasteiger partial charge in [-0.2, -0.15) is 0 Å². The van der Waals surface area contributed by atoms with Gasteiger partial charge in [-0.1, -0.05) is 23.7 Å². The molecule has 0 saturated heterocycles. The first-order chi connectivity index (χ1) is 11.0. The van der Waals surface area contributed by atoms with E-state index in [2.05, 4.69) is 5.32 Å². The van der Waals surface area contributed by atoms with Crippen LogP contribution in [0.1, 0.15) is 12.5 Å². The van der Waals surface area contributed by atoms with Crippen molar-refractivity contribution < 1.29 is 9.72 Å². The molecule has 1 unspecified atom stereocenters. The van der Waals surface area contributed by atoms with Gasteiger partial charge in [0.25, 0.3) is 5.69 Å². The molecular formula is C16H15ClN2O3S. The minimum Gasteiger partial charge on any atom is -0.351 e. The van der Waals surface area contributed by atoms with Crippen molar-refractivity contribution in [1.82, 2.24) is 5.32 Å². The van der Waals surface area contributed by atoms with Crippen LogP contribution in [0.25, 0.3) is 0 Å². The lowest BCUT2D eigenvalue weighted by Crippen LogP contribution is -2.30. The van der Waals surface area contributed by atoms with E-state index >= 15 is 0 Å². The van der Waals surface area contributed by atoms with E-state index in [1.165, 1.54) is 23.9 Å². The molecule has 0 fully saturated rings. The number of carbonyl (C=O) groups is 1. The van der Waals surface area contributed by atoms with Crippen LogP contribution in [-0.2, 0) is 11.3 Å². The number of halogens is 1. The molecule has 1 amide bonds. The normalized spacial score (nSPS) is 11.7. The van der Waals surface area contributed by atoms with E-state index in [-0.39, 0.29) is 16.8 Å². The highest BCUT2D eigenvalue weighted by Gasteiger charge is 2.15. The van der Waals surface area contributed by atoms with Crippen LogP contribution in [0.5, 0.6) is 0 Å². The quantitative estimate of drug-likeness (QED) is 0.484. The number of thioether (sulfide) groups is 1. The molecule has 0 radical (unpaired) electrons. The Hall–Kier alpha value is -2.05. The van der Waals surface area contributed by atoms with Gasteiger partial charge < -0.3 is 5.32 Å². The zero-order chi connectivity index (χ0) is 16.8. The minimum atomic E-state index is -0.449. The van der Waals surface area contributed by atoms with Crippen molar-refractivity contribution in [3.63, 3.8) is 0 Å². The van der Waals surface area contributed by atoms with E-state index in [0.717, 1.165) is 10.5 Å². The number of hydrogen-bond donors (Lipinski definition) is 1. The molecule has 2 aromatic rings. The van der Waals surface area contributed by atoms with Crippen LogP contribution in [0.4, 0.5) is 5.69 Å². The van der Waals surface area contributed by atoms with Gasteiger partial charge in [-0.05, 0) is 36.8 Å². The van der Waals surface area contributed by atoms with Crippen molar-refractivity contribution in [2.75, 3.05) is 0 Å². The number of hydrogen-bond acceptors (Lipinski definition) is 4. The minimum absolute atomic E-state index is 0.0346. The molecule has 0 bridgehead atoms. The fourth-order valence-corrected chi connectivity index (χ4v) is 2.99. The topological polar surface area (TPSA) is 72.2 Å². The monoisotopic (exact) mass is 350 g/mol. The maximum Gasteiger partial charge on any atom is 0.269 e. The van der Waals surface area contributed by atoms with E-state index in [0.29, 0.717) is 11.6 Å². The second-order valence-electron chi connectivity index (χ2n) is 4.86. The molecule has 23 heavy (non-hydrogen) atoms. The number of amides is 1. The van der Waals surface area contributed by atoms with Crippen molar-refractivity contribution in [2.24, 2.45) is 0 Å². The summed E-state index contributed by atoms with van der Waals surface area (Å²) in [6, 6.07) is 13.4. The summed E-state index contributed by atoms with van der Waals surface area (Å²) >= 11 is 7.25. The molecule has 2 rings (SSSR count). The summed E-state index contributed by atoms with van der Waals surface area (Å²) in [5, 5.41) is 13.8. The van der Waals surface area contributed by atoms with Gasteiger partial charge in [-0.25, -0.2) is 0 Å². The largest absolute Gasteiger partial charge is 0.351 e. The van der Waals surface area contributed by atoms with Gasteiger partial charge >= 0.3 is 0 Å². The standard InChI is InChI=1S/C16H15ClN2O3S/c1-11(23-15-7-5-14(6-8-15)19(21)22)16(20)18-10-12-3-2-4-13(17)9-12/h2-9,11H,10H2,1H3,(H,18,20). The summed E-state index contributed by atoms with van der Waals surface area (Å²) in [5.41, 5.74) is 0.964. The van der Waals surface area contributed by atoms with Crippen LogP contribution < -0.4 is 5.32 Å². The van der Waals surface area contributed by atoms with Crippen molar-refractivity contribution in [3.05, 3.63) is 69.2 Å². The summed E-state index contributed by atoms with van der Waals surface area (Å²) in [4.78, 5) is 23.1. The van der Waals surface area contributed by atoms with E-state index in [9.17, 15) is 14.9 Å². The number of nitrogens with one attached hydrogen (secondary N) is 1. The lowest BCUT2D eigenvalue weighted by molar-refractivity contribution is -0.384. The van der Waals surface area contributed by atoms with Crippen LogP contribution >= 0.6 is 23.4 Å². The third-order valence-corrected chi connectivity index (χ3v) is 4.43. The third kappa shape index (κ3) is 5.26. The molecule has 120 valence electrons. The van der Waals surface area contributed by atoms with E-state index in [4.69, 9.17) is 11.6 Å². The first-order valence-corrected chi connectivity index (χ1v) is 8.15. The smallest absolute Gasteiger partial charge is 0.269 e. The SMILES string of the molecule is CC(Sc1ccc([N+](=O)[O-])cc1)C(=O)NCc1cccc(Cl)c1. The van der Waals surface area contributed by atoms with Crippen LogP contribution in [0.15, 0.2) is 53.4 Å². The Morgan fingerprint density at radius 2 is 2.00 bits per heavy atom. The van der Waals surface area contributed by atoms with Crippen LogP contribution in [-0.4, -0.2) is 16.1 Å². The molecule has 2 aromatic carbocycles. The molecule has 7 heteroatoms. The van der Waals surface area contributed by atoms with Gasteiger partial charge in [0, 0.05) is 28.6 Å². The van der Waals surface area contributed by atoms with Gasteiger partial charge in [0.15, 0.2) is 0 Å². The fourth-order valence-electron chi connectivity index (χ4n) is 1.88. The van der Waals surface area contributed by atoms with Gasteiger partial charge in [0.1, 0.15) is 0 Å². The molecular weight excluding hydrogens is 336 g/mol.